The molecule has 25 heavy (non-hydrogen) atoms. The van der Waals surface area contributed by atoms with E-state index < -0.39 is 0 Å². The predicted octanol–water partition coefficient (Wildman–Crippen LogP) is 4.21. The molecule has 2 aromatic rings. The van der Waals surface area contributed by atoms with Crippen LogP contribution in [0.4, 0.5) is 5.69 Å². The van der Waals surface area contributed by atoms with Crippen molar-refractivity contribution in [2.75, 3.05) is 19.5 Å². The van der Waals surface area contributed by atoms with E-state index in [-0.39, 0.29) is 11.7 Å². The largest absolute Gasteiger partial charge is 0.496 e. The lowest BCUT2D eigenvalue weighted by molar-refractivity contribution is -0.114. The fourth-order valence-corrected chi connectivity index (χ4v) is 2.44. The number of rotatable bonds is 6. The van der Waals surface area contributed by atoms with E-state index in [9.17, 15) is 9.59 Å². The Balaban J connectivity index is 2.20. The van der Waals surface area contributed by atoms with Crippen LogP contribution in [0.3, 0.4) is 0 Å². The molecule has 6 heteroatoms. The molecule has 0 aliphatic heterocycles. The Hall–Kier alpha value is -2.79. The molecule has 2 aromatic carbocycles. The number of anilines is 1. The van der Waals surface area contributed by atoms with E-state index in [1.54, 1.807) is 36.4 Å². The summed E-state index contributed by atoms with van der Waals surface area (Å²) < 4.78 is 10.4. The lowest BCUT2D eigenvalue weighted by Gasteiger charge is -2.10. The van der Waals surface area contributed by atoms with Crippen molar-refractivity contribution in [1.82, 2.24) is 0 Å². The van der Waals surface area contributed by atoms with Gasteiger partial charge in [-0.15, -0.1) is 0 Å². The highest BCUT2D eigenvalue weighted by Crippen LogP contribution is 2.33. The topological polar surface area (TPSA) is 64.6 Å². The third kappa shape index (κ3) is 4.84. The van der Waals surface area contributed by atoms with Gasteiger partial charge in [0, 0.05) is 18.7 Å². The maximum Gasteiger partial charge on any atom is 0.221 e. The third-order valence-corrected chi connectivity index (χ3v) is 3.69. The Bertz CT molecular complexity index is 813. The molecule has 0 fully saturated rings. The standard InChI is InChI=1S/C19H18ClNO4/c1-12(22)21-14-7-4-13(5-8-14)6-9-17(23)15-10-16(20)19(25-3)11-18(15)24-2/h4-11H,1-3H3,(H,21,22)/b9-6+. The van der Waals surface area contributed by atoms with Crippen LogP contribution in [0.1, 0.15) is 22.8 Å². The first kappa shape index (κ1) is 18.5. The van der Waals surface area contributed by atoms with E-state index in [0.29, 0.717) is 27.8 Å². The van der Waals surface area contributed by atoms with Crippen molar-refractivity contribution in [2.45, 2.75) is 6.92 Å². The van der Waals surface area contributed by atoms with E-state index in [2.05, 4.69) is 5.32 Å². The Morgan fingerprint density at radius 1 is 1.04 bits per heavy atom. The summed E-state index contributed by atoms with van der Waals surface area (Å²) in [5, 5.41) is 3.01. The van der Waals surface area contributed by atoms with Gasteiger partial charge in [0.05, 0.1) is 24.8 Å². The number of amides is 1. The quantitative estimate of drug-likeness (QED) is 0.619. The lowest BCUT2D eigenvalue weighted by atomic mass is 10.1. The first-order valence-corrected chi connectivity index (χ1v) is 7.84. The molecular formula is C19H18ClNO4. The minimum Gasteiger partial charge on any atom is -0.496 e. The molecule has 0 saturated carbocycles. The maximum atomic E-state index is 12.4. The maximum absolute atomic E-state index is 12.4. The van der Waals surface area contributed by atoms with Crippen molar-refractivity contribution in [3.63, 3.8) is 0 Å². The van der Waals surface area contributed by atoms with Gasteiger partial charge < -0.3 is 14.8 Å². The monoisotopic (exact) mass is 359 g/mol. The third-order valence-electron chi connectivity index (χ3n) is 3.40. The number of hydrogen-bond donors (Lipinski definition) is 1. The summed E-state index contributed by atoms with van der Waals surface area (Å²) in [4.78, 5) is 23.4. The van der Waals surface area contributed by atoms with Gasteiger partial charge in [-0.2, -0.15) is 0 Å². The van der Waals surface area contributed by atoms with Gasteiger partial charge in [0.25, 0.3) is 0 Å². The first-order chi connectivity index (χ1) is 11.9. The van der Waals surface area contributed by atoms with Crippen LogP contribution in [0, 0.1) is 0 Å². The van der Waals surface area contributed by atoms with Crippen LogP contribution in [0.25, 0.3) is 6.08 Å². The number of ketones is 1. The van der Waals surface area contributed by atoms with Crippen LogP contribution < -0.4 is 14.8 Å². The summed E-state index contributed by atoms with van der Waals surface area (Å²) in [5.74, 6) is 0.443. The van der Waals surface area contributed by atoms with Crippen LogP contribution in [0.5, 0.6) is 11.5 Å². The average molecular weight is 360 g/mol. The van der Waals surface area contributed by atoms with Crippen LogP contribution in [-0.2, 0) is 4.79 Å². The van der Waals surface area contributed by atoms with Crippen molar-refractivity contribution in [3.8, 4) is 11.5 Å². The van der Waals surface area contributed by atoms with Gasteiger partial charge in [-0.3, -0.25) is 9.59 Å². The molecule has 130 valence electrons. The molecule has 0 radical (unpaired) electrons. The molecule has 5 nitrogen and oxygen atoms in total. The molecule has 2 rings (SSSR count). The SMILES string of the molecule is COc1cc(OC)c(C(=O)/C=C/c2ccc(NC(C)=O)cc2)cc1Cl. The molecular weight excluding hydrogens is 342 g/mol. The summed E-state index contributed by atoms with van der Waals surface area (Å²) in [6, 6.07) is 10.2. The molecule has 1 amide bonds. The van der Waals surface area contributed by atoms with Crippen LogP contribution in [0.15, 0.2) is 42.5 Å². The molecule has 0 saturated heterocycles. The predicted molar refractivity (Wildman–Crippen MR) is 98.7 cm³/mol. The van der Waals surface area contributed by atoms with Crippen molar-refractivity contribution in [2.24, 2.45) is 0 Å². The summed E-state index contributed by atoms with van der Waals surface area (Å²) in [6.07, 6.45) is 3.12. The van der Waals surface area contributed by atoms with Gasteiger partial charge in [0.2, 0.25) is 5.91 Å². The summed E-state index contributed by atoms with van der Waals surface area (Å²) in [5.41, 5.74) is 1.86. The summed E-state index contributed by atoms with van der Waals surface area (Å²) in [7, 11) is 2.97. The summed E-state index contributed by atoms with van der Waals surface area (Å²) >= 11 is 6.09. The first-order valence-electron chi connectivity index (χ1n) is 7.46. The number of nitrogens with one attached hydrogen (secondary N) is 1. The Morgan fingerprint density at radius 3 is 2.24 bits per heavy atom. The van der Waals surface area contributed by atoms with Gasteiger partial charge in [-0.1, -0.05) is 29.8 Å². The van der Waals surface area contributed by atoms with Crippen LogP contribution in [-0.4, -0.2) is 25.9 Å². The minimum atomic E-state index is -0.243. The van der Waals surface area contributed by atoms with E-state index >= 15 is 0 Å². The second-order valence-corrected chi connectivity index (χ2v) is 5.60. The fraction of sp³-hybridized carbons (Fsp3) is 0.158. The highest BCUT2D eigenvalue weighted by Gasteiger charge is 2.14. The van der Waals surface area contributed by atoms with Crippen LogP contribution in [0.2, 0.25) is 5.02 Å². The molecule has 0 atom stereocenters. The molecule has 0 aliphatic carbocycles. The molecule has 0 spiro atoms. The van der Waals surface area contributed by atoms with Crippen molar-refractivity contribution in [3.05, 3.63) is 58.6 Å². The van der Waals surface area contributed by atoms with Gasteiger partial charge in [-0.05, 0) is 29.8 Å². The normalized spacial score (nSPS) is 10.6. The zero-order valence-electron chi connectivity index (χ0n) is 14.1. The molecule has 1 N–H and O–H groups in total. The summed E-state index contributed by atoms with van der Waals surface area (Å²) in [6.45, 7) is 1.44. The molecule has 0 aliphatic rings. The van der Waals surface area contributed by atoms with Crippen LogP contribution >= 0.6 is 11.6 Å². The number of allylic oxidation sites excluding steroid dienone is 1. The number of halogens is 1. The number of carbonyl (C=O) groups excluding carboxylic acids is 2. The zero-order valence-corrected chi connectivity index (χ0v) is 14.9. The number of ether oxygens (including phenoxy) is 2. The highest BCUT2D eigenvalue weighted by atomic mass is 35.5. The van der Waals surface area contributed by atoms with E-state index in [4.69, 9.17) is 21.1 Å². The molecule has 0 aromatic heterocycles. The Morgan fingerprint density at radius 2 is 1.68 bits per heavy atom. The lowest BCUT2D eigenvalue weighted by Crippen LogP contribution is -2.05. The molecule has 0 unspecified atom stereocenters. The molecule has 0 bridgehead atoms. The van der Waals surface area contributed by atoms with Crippen molar-refractivity contribution >= 4 is 35.1 Å². The Labute approximate surface area is 151 Å². The van der Waals surface area contributed by atoms with Gasteiger partial charge >= 0.3 is 0 Å². The number of methoxy groups -OCH3 is 2. The van der Waals surface area contributed by atoms with Crippen molar-refractivity contribution < 1.29 is 19.1 Å². The number of hydrogen-bond acceptors (Lipinski definition) is 4. The van der Waals surface area contributed by atoms with Gasteiger partial charge in [-0.25, -0.2) is 0 Å². The average Bonchev–Trinajstić information content (AvgIpc) is 2.60. The fourth-order valence-electron chi connectivity index (χ4n) is 2.20. The van der Waals surface area contributed by atoms with Gasteiger partial charge in [0.15, 0.2) is 5.78 Å². The van der Waals surface area contributed by atoms with E-state index in [1.165, 1.54) is 33.3 Å². The Kier molecular flexibility index (Phi) is 6.19. The smallest absolute Gasteiger partial charge is 0.221 e. The van der Waals surface area contributed by atoms with Gasteiger partial charge in [0.1, 0.15) is 11.5 Å². The minimum absolute atomic E-state index is 0.137. The molecule has 0 heterocycles. The van der Waals surface area contributed by atoms with E-state index in [1.807, 2.05) is 0 Å². The number of carbonyl (C=O) groups is 2. The highest BCUT2D eigenvalue weighted by molar-refractivity contribution is 6.32. The zero-order chi connectivity index (χ0) is 18.4. The number of benzene rings is 2. The van der Waals surface area contributed by atoms with Crippen molar-refractivity contribution in [1.29, 1.82) is 0 Å². The second-order valence-electron chi connectivity index (χ2n) is 5.19. The second kappa shape index (κ2) is 8.35. The van der Waals surface area contributed by atoms with E-state index in [0.717, 1.165) is 5.56 Å².